The van der Waals surface area contributed by atoms with Crippen LogP contribution in [0, 0.1) is 5.92 Å². The standard InChI is InChI=1S/C22H23N3O3/c26-20(11-10-16-13-15-5-1-2-8-19(15)24-22(16)28)23-17-6-3-7-18(14-17)25-12-4-9-21(25)27/h1-3,5-8,14,16H,4,9-13H2,(H,23,26)(H,24,28)/t16-/m1/s1. The monoisotopic (exact) mass is 377 g/mol. The molecule has 0 saturated carbocycles. The zero-order chi connectivity index (χ0) is 19.5. The number of para-hydroxylation sites is 1. The maximum atomic E-state index is 12.4. The second kappa shape index (κ2) is 7.84. The molecule has 28 heavy (non-hydrogen) atoms. The van der Waals surface area contributed by atoms with E-state index in [4.69, 9.17) is 0 Å². The minimum absolute atomic E-state index is 0.0268. The molecule has 144 valence electrons. The number of nitrogens with zero attached hydrogens (tertiary/aromatic N) is 1. The highest BCUT2D eigenvalue weighted by molar-refractivity contribution is 5.98. The Hall–Kier alpha value is -3.15. The van der Waals surface area contributed by atoms with Crippen molar-refractivity contribution in [3.8, 4) is 0 Å². The number of rotatable bonds is 5. The fraction of sp³-hybridized carbons (Fsp3) is 0.318. The summed E-state index contributed by atoms with van der Waals surface area (Å²) in [6, 6.07) is 15.1. The summed E-state index contributed by atoms with van der Waals surface area (Å²) in [5.74, 6) is -0.237. The summed E-state index contributed by atoms with van der Waals surface area (Å²) >= 11 is 0. The number of anilines is 3. The SMILES string of the molecule is O=C(CC[C@@H]1Cc2ccccc2NC1=O)Nc1cccc(N2CCCC2=O)c1. The number of hydrogen-bond acceptors (Lipinski definition) is 3. The predicted molar refractivity (Wildman–Crippen MR) is 108 cm³/mol. The molecule has 0 unspecified atom stereocenters. The molecule has 1 fully saturated rings. The topological polar surface area (TPSA) is 78.5 Å². The second-order valence-corrected chi connectivity index (χ2v) is 7.33. The van der Waals surface area contributed by atoms with Crippen molar-refractivity contribution in [1.29, 1.82) is 0 Å². The van der Waals surface area contributed by atoms with Crippen LogP contribution in [0.4, 0.5) is 17.1 Å². The van der Waals surface area contributed by atoms with E-state index in [0.717, 1.165) is 23.4 Å². The normalized spacial score (nSPS) is 18.6. The third-order valence-electron chi connectivity index (χ3n) is 5.35. The summed E-state index contributed by atoms with van der Waals surface area (Å²) in [5, 5.41) is 5.80. The van der Waals surface area contributed by atoms with E-state index in [1.165, 1.54) is 0 Å². The highest BCUT2D eigenvalue weighted by atomic mass is 16.2. The second-order valence-electron chi connectivity index (χ2n) is 7.33. The summed E-state index contributed by atoms with van der Waals surface area (Å²) in [5.41, 5.74) is 3.45. The number of carbonyl (C=O) groups excluding carboxylic acids is 3. The van der Waals surface area contributed by atoms with Crippen LogP contribution in [0.2, 0.25) is 0 Å². The molecule has 6 heteroatoms. The Labute approximate surface area is 163 Å². The van der Waals surface area contributed by atoms with Crippen LogP contribution in [0.25, 0.3) is 0 Å². The highest BCUT2D eigenvalue weighted by Crippen LogP contribution is 2.28. The molecule has 6 nitrogen and oxygen atoms in total. The van der Waals surface area contributed by atoms with Crippen LogP contribution in [-0.4, -0.2) is 24.3 Å². The van der Waals surface area contributed by atoms with Gasteiger partial charge in [-0.25, -0.2) is 0 Å². The van der Waals surface area contributed by atoms with Crippen LogP contribution in [0.3, 0.4) is 0 Å². The van der Waals surface area contributed by atoms with Crippen LogP contribution in [0.5, 0.6) is 0 Å². The molecule has 1 saturated heterocycles. The van der Waals surface area contributed by atoms with Gasteiger partial charge >= 0.3 is 0 Å². The van der Waals surface area contributed by atoms with Gasteiger partial charge in [-0.3, -0.25) is 14.4 Å². The van der Waals surface area contributed by atoms with Crippen molar-refractivity contribution in [3.63, 3.8) is 0 Å². The molecule has 0 radical (unpaired) electrons. The number of hydrogen-bond donors (Lipinski definition) is 2. The fourth-order valence-corrected chi connectivity index (χ4v) is 3.85. The Balaban J connectivity index is 1.34. The van der Waals surface area contributed by atoms with E-state index in [0.29, 0.717) is 31.5 Å². The number of fused-ring (bicyclic) bond motifs is 1. The molecule has 3 amide bonds. The van der Waals surface area contributed by atoms with Gasteiger partial charge in [0, 0.05) is 42.4 Å². The molecular formula is C22H23N3O3. The van der Waals surface area contributed by atoms with Crippen LogP contribution >= 0.6 is 0 Å². The van der Waals surface area contributed by atoms with Crippen molar-refractivity contribution in [2.75, 3.05) is 22.1 Å². The first kappa shape index (κ1) is 18.2. The fourth-order valence-electron chi connectivity index (χ4n) is 3.85. The van der Waals surface area contributed by atoms with Gasteiger partial charge in [0.2, 0.25) is 17.7 Å². The number of amides is 3. The van der Waals surface area contributed by atoms with E-state index in [1.807, 2.05) is 48.5 Å². The van der Waals surface area contributed by atoms with Gasteiger partial charge < -0.3 is 15.5 Å². The lowest BCUT2D eigenvalue weighted by Crippen LogP contribution is -2.30. The highest BCUT2D eigenvalue weighted by Gasteiger charge is 2.26. The van der Waals surface area contributed by atoms with E-state index in [2.05, 4.69) is 10.6 Å². The van der Waals surface area contributed by atoms with Gasteiger partial charge in [0.1, 0.15) is 0 Å². The third-order valence-corrected chi connectivity index (χ3v) is 5.35. The summed E-state index contributed by atoms with van der Waals surface area (Å²) in [6.45, 7) is 0.717. The minimum atomic E-state index is -0.200. The lowest BCUT2D eigenvalue weighted by atomic mass is 9.89. The van der Waals surface area contributed by atoms with E-state index in [9.17, 15) is 14.4 Å². The van der Waals surface area contributed by atoms with Gasteiger partial charge in [0.25, 0.3) is 0 Å². The molecule has 2 N–H and O–H groups in total. The zero-order valence-electron chi connectivity index (χ0n) is 15.6. The summed E-state index contributed by atoms with van der Waals surface area (Å²) in [4.78, 5) is 38.3. The van der Waals surface area contributed by atoms with Gasteiger partial charge in [0.15, 0.2) is 0 Å². The van der Waals surface area contributed by atoms with Crippen molar-refractivity contribution in [1.82, 2.24) is 0 Å². The van der Waals surface area contributed by atoms with Crippen molar-refractivity contribution in [2.24, 2.45) is 5.92 Å². The number of nitrogens with one attached hydrogen (secondary N) is 2. The molecule has 0 aromatic heterocycles. The van der Waals surface area contributed by atoms with E-state index >= 15 is 0 Å². The van der Waals surface area contributed by atoms with Crippen molar-refractivity contribution in [2.45, 2.75) is 32.1 Å². The Morgan fingerprint density at radius 3 is 2.82 bits per heavy atom. The molecule has 0 bridgehead atoms. The molecule has 2 aliphatic rings. The molecule has 2 aromatic rings. The molecule has 2 aliphatic heterocycles. The van der Waals surface area contributed by atoms with Gasteiger partial charge in [-0.15, -0.1) is 0 Å². The molecule has 2 aromatic carbocycles. The number of carbonyl (C=O) groups is 3. The molecule has 2 heterocycles. The smallest absolute Gasteiger partial charge is 0.227 e. The van der Waals surface area contributed by atoms with Gasteiger partial charge in [-0.05, 0) is 49.1 Å². The van der Waals surface area contributed by atoms with E-state index in [1.54, 1.807) is 4.90 Å². The Morgan fingerprint density at radius 1 is 1.14 bits per heavy atom. The Morgan fingerprint density at radius 2 is 2.00 bits per heavy atom. The lowest BCUT2D eigenvalue weighted by Gasteiger charge is -2.24. The first-order valence-electron chi connectivity index (χ1n) is 9.69. The zero-order valence-corrected chi connectivity index (χ0v) is 15.6. The maximum Gasteiger partial charge on any atom is 0.227 e. The third kappa shape index (κ3) is 3.91. The summed E-state index contributed by atoms with van der Waals surface area (Å²) in [6.07, 6.45) is 2.86. The summed E-state index contributed by atoms with van der Waals surface area (Å²) in [7, 11) is 0. The first-order valence-corrected chi connectivity index (χ1v) is 9.69. The van der Waals surface area contributed by atoms with Crippen molar-refractivity contribution in [3.05, 3.63) is 54.1 Å². The lowest BCUT2D eigenvalue weighted by molar-refractivity contribution is -0.121. The predicted octanol–water partition coefficient (Wildman–Crippen LogP) is 3.34. The minimum Gasteiger partial charge on any atom is -0.326 e. The van der Waals surface area contributed by atoms with Crippen molar-refractivity contribution >= 4 is 34.8 Å². The maximum absolute atomic E-state index is 12.4. The molecule has 1 atom stereocenters. The van der Waals surface area contributed by atoms with Gasteiger partial charge in [-0.1, -0.05) is 24.3 Å². The molecular weight excluding hydrogens is 354 g/mol. The molecule has 0 aliphatic carbocycles. The van der Waals surface area contributed by atoms with Crippen molar-refractivity contribution < 1.29 is 14.4 Å². The average Bonchev–Trinajstić information content (AvgIpc) is 3.12. The van der Waals surface area contributed by atoms with Crippen LogP contribution in [0.15, 0.2) is 48.5 Å². The van der Waals surface area contributed by atoms with Crippen LogP contribution < -0.4 is 15.5 Å². The molecule has 4 rings (SSSR count). The van der Waals surface area contributed by atoms with E-state index < -0.39 is 0 Å². The van der Waals surface area contributed by atoms with Crippen LogP contribution in [0.1, 0.15) is 31.2 Å². The Bertz CT molecular complexity index is 925. The van der Waals surface area contributed by atoms with Gasteiger partial charge in [0.05, 0.1) is 0 Å². The largest absolute Gasteiger partial charge is 0.326 e. The quantitative estimate of drug-likeness (QED) is 0.839. The average molecular weight is 377 g/mol. The number of benzene rings is 2. The van der Waals surface area contributed by atoms with E-state index in [-0.39, 0.29) is 30.1 Å². The summed E-state index contributed by atoms with van der Waals surface area (Å²) < 4.78 is 0. The van der Waals surface area contributed by atoms with Crippen LogP contribution in [-0.2, 0) is 20.8 Å². The first-order chi connectivity index (χ1) is 13.6. The Kier molecular flexibility index (Phi) is 5.10. The van der Waals surface area contributed by atoms with Gasteiger partial charge in [-0.2, -0.15) is 0 Å². The molecule has 0 spiro atoms.